The molecule has 2 aliphatic rings. The van der Waals surface area contributed by atoms with E-state index in [4.69, 9.17) is 9.47 Å². The first-order valence-electron chi connectivity index (χ1n) is 9.55. The third-order valence-electron chi connectivity index (χ3n) is 5.76. The van der Waals surface area contributed by atoms with Crippen molar-refractivity contribution in [3.8, 4) is 0 Å². The van der Waals surface area contributed by atoms with Crippen LogP contribution in [-0.4, -0.2) is 34.3 Å². The van der Waals surface area contributed by atoms with E-state index in [1.165, 1.54) is 12.1 Å². The van der Waals surface area contributed by atoms with Gasteiger partial charge in [-0.05, 0) is 51.3 Å². The molecule has 3 rings (SSSR count). The topological polar surface area (TPSA) is 53.5 Å². The Bertz CT molecular complexity index is 642. The fourth-order valence-corrected chi connectivity index (χ4v) is 5.01. The molecular formula is C21H30FNO3S. The van der Waals surface area contributed by atoms with Gasteiger partial charge in [-0.25, -0.2) is 4.39 Å². The van der Waals surface area contributed by atoms with Gasteiger partial charge in [-0.15, -0.1) is 11.3 Å². The summed E-state index contributed by atoms with van der Waals surface area (Å²) in [5.74, 6) is -0.761. The van der Waals surface area contributed by atoms with E-state index in [2.05, 4.69) is 11.3 Å². The molecule has 1 aromatic carbocycles. The molecule has 0 bridgehead atoms. The molecule has 2 atom stereocenters. The molecule has 2 fully saturated rings. The van der Waals surface area contributed by atoms with E-state index < -0.39 is 21.9 Å². The van der Waals surface area contributed by atoms with Crippen molar-refractivity contribution in [3.63, 3.8) is 0 Å². The van der Waals surface area contributed by atoms with Crippen molar-refractivity contribution in [1.29, 1.82) is 0 Å². The smallest absolute Gasteiger partial charge is 0.168 e. The van der Waals surface area contributed by atoms with Crippen LogP contribution in [0.2, 0.25) is 0 Å². The van der Waals surface area contributed by atoms with E-state index in [0.29, 0.717) is 13.2 Å². The van der Waals surface area contributed by atoms with Crippen LogP contribution in [0, 0.1) is 5.82 Å². The van der Waals surface area contributed by atoms with Crippen LogP contribution in [0.4, 0.5) is 4.39 Å². The minimum Gasteiger partial charge on any atom is -0.598 e. The standard InChI is InChI=1S/C21H30FNO3S/c1-5-18(23-27(24)19(2,3)4)20(16-6-8-17(22)9-7-16)10-12-21(13-11-20)25-14-15-26-21/h5-9,18,23H,1,10-15H2,2-4H3. The normalized spacial score (nSPS) is 23.9. The minimum atomic E-state index is -1.24. The van der Waals surface area contributed by atoms with Gasteiger partial charge in [0.05, 0.1) is 19.3 Å². The van der Waals surface area contributed by atoms with Gasteiger partial charge in [-0.2, -0.15) is 0 Å². The summed E-state index contributed by atoms with van der Waals surface area (Å²) in [6, 6.07) is 6.45. The summed E-state index contributed by atoms with van der Waals surface area (Å²) < 4.78 is 41.0. The molecule has 2 unspecified atom stereocenters. The zero-order chi connectivity index (χ0) is 19.7. The lowest BCUT2D eigenvalue weighted by Gasteiger charge is -2.47. The van der Waals surface area contributed by atoms with Crippen LogP contribution in [0.1, 0.15) is 52.0 Å². The van der Waals surface area contributed by atoms with E-state index >= 15 is 0 Å². The molecule has 1 saturated carbocycles. The maximum atomic E-state index is 13.5. The van der Waals surface area contributed by atoms with E-state index in [-0.39, 0.29) is 17.3 Å². The predicted octanol–water partition coefficient (Wildman–Crippen LogP) is 3.99. The molecule has 1 saturated heterocycles. The first-order valence-corrected chi connectivity index (χ1v) is 10.7. The fraction of sp³-hybridized carbons (Fsp3) is 0.619. The Labute approximate surface area is 164 Å². The highest BCUT2D eigenvalue weighted by Gasteiger charge is 2.51. The molecule has 4 nitrogen and oxygen atoms in total. The quantitative estimate of drug-likeness (QED) is 0.605. The summed E-state index contributed by atoms with van der Waals surface area (Å²) in [7, 11) is 0. The summed E-state index contributed by atoms with van der Waals surface area (Å²) in [4.78, 5) is 0. The van der Waals surface area contributed by atoms with Gasteiger partial charge in [0.2, 0.25) is 0 Å². The molecule has 1 spiro atoms. The second-order valence-electron chi connectivity index (χ2n) is 8.48. The van der Waals surface area contributed by atoms with Gasteiger partial charge >= 0.3 is 0 Å². The van der Waals surface area contributed by atoms with Gasteiger partial charge in [0.25, 0.3) is 0 Å². The van der Waals surface area contributed by atoms with E-state index in [1.807, 2.05) is 39.0 Å². The van der Waals surface area contributed by atoms with E-state index in [1.54, 1.807) is 0 Å². The van der Waals surface area contributed by atoms with Crippen LogP contribution in [-0.2, 0) is 26.3 Å². The lowest BCUT2D eigenvalue weighted by Crippen LogP contribution is -2.56. The maximum Gasteiger partial charge on any atom is 0.168 e. The summed E-state index contributed by atoms with van der Waals surface area (Å²) in [5, 5.41) is 0. The second kappa shape index (κ2) is 7.84. The predicted molar refractivity (Wildman–Crippen MR) is 106 cm³/mol. The maximum absolute atomic E-state index is 13.5. The molecule has 1 heterocycles. The molecule has 150 valence electrons. The number of benzene rings is 1. The van der Waals surface area contributed by atoms with Crippen LogP contribution in [0.3, 0.4) is 0 Å². The Morgan fingerprint density at radius 2 is 1.70 bits per heavy atom. The molecule has 6 heteroatoms. The summed E-state index contributed by atoms with van der Waals surface area (Å²) >= 11 is -1.24. The van der Waals surface area contributed by atoms with Crippen molar-refractivity contribution in [2.45, 2.75) is 68.4 Å². The number of halogens is 1. The van der Waals surface area contributed by atoms with Gasteiger partial charge in [0.1, 0.15) is 10.6 Å². The van der Waals surface area contributed by atoms with Crippen molar-refractivity contribution in [2.75, 3.05) is 13.2 Å². The largest absolute Gasteiger partial charge is 0.598 e. The minimum absolute atomic E-state index is 0.207. The summed E-state index contributed by atoms with van der Waals surface area (Å²) in [6.07, 6.45) is 4.89. The highest BCUT2D eigenvalue weighted by Crippen LogP contribution is 2.48. The lowest BCUT2D eigenvalue weighted by molar-refractivity contribution is -0.186. The average molecular weight is 396 g/mol. The van der Waals surface area contributed by atoms with Crippen LogP contribution in [0.15, 0.2) is 36.9 Å². The summed E-state index contributed by atoms with van der Waals surface area (Å²) in [6.45, 7) is 11.1. The Balaban J connectivity index is 1.92. The Morgan fingerprint density at radius 1 is 1.15 bits per heavy atom. The van der Waals surface area contributed by atoms with Crippen LogP contribution < -0.4 is 4.72 Å². The SMILES string of the molecule is C=CC(N[S+]([O-])C(C)(C)C)C1(c2ccc(F)cc2)CCC2(CC1)OCCO2. The molecule has 1 aliphatic carbocycles. The van der Waals surface area contributed by atoms with Crippen LogP contribution >= 0.6 is 0 Å². The second-order valence-corrected chi connectivity index (χ2v) is 10.5. The summed E-state index contributed by atoms with van der Waals surface area (Å²) in [5.41, 5.74) is 0.691. The third-order valence-corrected chi connectivity index (χ3v) is 7.34. The number of hydrogen-bond donors (Lipinski definition) is 1. The first kappa shape index (κ1) is 20.8. The zero-order valence-electron chi connectivity index (χ0n) is 16.4. The Hall–Kier alpha value is -0.920. The van der Waals surface area contributed by atoms with Crippen molar-refractivity contribution >= 4 is 11.4 Å². The van der Waals surface area contributed by atoms with Crippen LogP contribution in [0.5, 0.6) is 0 Å². The van der Waals surface area contributed by atoms with Crippen molar-refractivity contribution in [1.82, 2.24) is 4.72 Å². The molecule has 0 aromatic heterocycles. The van der Waals surface area contributed by atoms with Gasteiger partial charge in [-0.3, -0.25) is 0 Å². The molecule has 0 amide bonds. The monoisotopic (exact) mass is 395 g/mol. The van der Waals surface area contributed by atoms with Crippen LogP contribution in [0.25, 0.3) is 0 Å². The van der Waals surface area contributed by atoms with E-state index in [9.17, 15) is 8.94 Å². The first-order chi connectivity index (χ1) is 12.7. The molecule has 1 aromatic rings. The Morgan fingerprint density at radius 3 is 2.19 bits per heavy atom. The Kier molecular flexibility index (Phi) is 6.04. The van der Waals surface area contributed by atoms with Gasteiger partial charge < -0.3 is 14.0 Å². The number of nitrogens with one attached hydrogen (secondary N) is 1. The van der Waals surface area contributed by atoms with Crippen molar-refractivity contribution < 1.29 is 18.4 Å². The van der Waals surface area contributed by atoms with Gasteiger partial charge in [0, 0.05) is 29.6 Å². The van der Waals surface area contributed by atoms with Gasteiger partial charge in [-0.1, -0.05) is 18.2 Å². The molecule has 27 heavy (non-hydrogen) atoms. The third kappa shape index (κ3) is 4.25. The molecule has 1 N–H and O–H groups in total. The van der Waals surface area contributed by atoms with E-state index in [0.717, 1.165) is 31.2 Å². The number of rotatable bonds is 5. The highest BCUT2D eigenvalue weighted by atomic mass is 32.2. The lowest BCUT2D eigenvalue weighted by atomic mass is 9.63. The van der Waals surface area contributed by atoms with Crippen molar-refractivity contribution in [2.24, 2.45) is 0 Å². The van der Waals surface area contributed by atoms with Gasteiger partial charge in [0.15, 0.2) is 5.79 Å². The number of ether oxygens (including phenoxy) is 2. The molecular weight excluding hydrogens is 365 g/mol. The molecule has 0 radical (unpaired) electrons. The average Bonchev–Trinajstić information content (AvgIpc) is 3.09. The fourth-order valence-electron chi connectivity index (χ4n) is 4.10. The zero-order valence-corrected chi connectivity index (χ0v) is 17.2. The van der Waals surface area contributed by atoms with Crippen molar-refractivity contribution in [3.05, 3.63) is 48.3 Å². The highest BCUT2D eigenvalue weighted by molar-refractivity contribution is 7.90. The number of hydrogen-bond acceptors (Lipinski definition) is 4. The molecule has 1 aliphatic heterocycles.